The molecule has 0 aliphatic carbocycles. The average Bonchev–Trinajstić information content (AvgIpc) is 2.52. The van der Waals surface area contributed by atoms with Crippen molar-refractivity contribution in [3.8, 4) is 11.3 Å². The zero-order valence-corrected chi connectivity index (χ0v) is 15.7. The van der Waals surface area contributed by atoms with Crippen LogP contribution >= 0.6 is 0 Å². The van der Waals surface area contributed by atoms with Crippen LogP contribution in [0.15, 0.2) is 42.6 Å². The van der Waals surface area contributed by atoms with E-state index in [2.05, 4.69) is 25.8 Å². The number of rotatable bonds is 1. The van der Waals surface area contributed by atoms with Gasteiger partial charge in [0.25, 0.3) is 0 Å². The third-order valence-electron chi connectivity index (χ3n) is 5.64. The zero-order chi connectivity index (χ0) is 18.7. The first kappa shape index (κ1) is 18.3. The fourth-order valence-corrected chi connectivity index (χ4v) is 3.59. The van der Waals surface area contributed by atoms with Gasteiger partial charge in [-0.25, -0.2) is 0 Å². The molecule has 2 heterocycles. The number of fused-ring (bicyclic) bond motifs is 1. The number of hydrogen-bond acceptors (Lipinski definition) is 2. The molecule has 3 rings (SSSR count). The van der Waals surface area contributed by atoms with Gasteiger partial charge in [0, 0.05) is 17.3 Å². The number of hydrogen-bond donors (Lipinski definition) is 1. The van der Waals surface area contributed by atoms with Gasteiger partial charge in [-0.3, -0.25) is 4.98 Å². The highest BCUT2D eigenvalue weighted by molar-refractivity contribution is 6.59. The second-order valence-corrected chi connectivity index (χ2v) is 8.73. The molecule has 2 atom stereocenters. The summed E-state index contributed by atoms with van der Waals surface area (Å²) in [5.41, 5.74) is 1.47. The van der Waals surface area contributed by atoms with Crippen molar-refractivity contribution in [1.29, 1.82) is 0 Å². The average molecular weight is 326 g/mol. The molecule has 1 aliphatic heterocycles. The van der Waals surface area contributed by atoms with Crippen molar-refractivity contribution in [2.75, 3.05) is 0 Å². The van der Waals surface area contributed by atoms with Crippen LogP contribution in [0.4, 0.5) is 0 Å². The summed E-state index contributed by atoms with van der Waals surface area (Å²) in [5.74, 6) is 0. The van der Waals surface area contributed by atoms with E-state index in [1.165, 1.54) is 0 Å². The highest BCUT2D eigenvalue weighted by Crippen LogP contribution is 2.56. The van der Waals surface area contributed by atoms with E-state index in [1.54, 1.807) is 6.20 Å². The summed E-state index contributed by atoms with van der Waals surface area (Å²) in [5, 5.41) is 9.62. The molecule has 0 saturated carbocycles. The van der Waals surface area contributed by atoms with E-state index >= 15 is 0 Å². The lowest BCUT2D eigenvalue weighted by molar-refractivity contribution is 0.0749. The van der Waals surface area contributed by atoms with Gasteiger partial charge in [-0.15, -0.1) is 0 Å². The SMILES string of the molecule is [B]C1(O)c2cnc(-c3ccccc3)cc2C([B])(C(C)(C)C)[B]C1(C)C. The molecule has 25 heavy (non-hydrogen) atoms. The minimum atomic E-state index is -1.53. The number of nitrogens with zero attached hydrogens (tertiary/aromatic N) is 1. The van der Waals surface area contributed by atoms with Crippen molar-refractivity contribution in [2.45, 2.75) is 50.6 Å². The molecule has 1 aromatic heterocycles. The van der Waals surface area contributed by atoms with Crippen LogP contribution in [0.2, 0.25) is 5.31 Å². The fourth-order valence-electron chi connectivity index (χ4n) is 3.59. The Labute approximate surface area is 154 Å². The molecule has 1 N–H and O–H groups in total. The topological polar surface area (TPSA) is 33.1 Å². The molecular formula is C20H23B3NO. The summed E-state index contributed by atoms with van der Waals surface area (Å²) in [6, 6.07) is 11.9. The number of aliphatic hydroxyl groups is 1. The van der Waals surface area contributed by atoms with Gasteiger partial charge in [0.15, 0.2) is 0 Å². The maximum atomic E-state index is 11.1. The summed E-state index contributed by atoms with van der Waals surface area (Å²) < 4.78 is 0. The summed E-state index contributed by atoms with van der Waals surface area (Å²) in [6.45, 7) is 10.1. The number of aromatic nitrogens is 1. The molecule has 0 spiro atoms. The highest BCUT2D eigenvalue weighted by atomic mass is 16.3. The molecule has 2 unspecified atom stereocenters. The Morgan fingerprint density at radius 1 is 1.04 bits per heavy atom. The van der Waals surface area contributed by atoms with Crippen LogP contribution in [-0.4, -0.2) is 33.1 Å². The second-order valence-electron chi connectivity index (χ2n) is 8.73. The summed E-state index contributed by atoms with van der Waals surface area (Å²) in [4.78, 5) is 4.56. The van der Waals surface area contributed by atoms with Crippen molar-refractivity contribution in [3.05, 3.63) is 53.7 Å². The molecule has 1 aliphatic rings. The van der Waals surface area contributed by atoms with E-state index in [1.807, 2.05) is 57.5 Å². The molecule has 0 amide bonds. The van der Waals surface area contributed by atoms with E-state index < -0.39 is 16.0 Å². The maximum Gasteiger partial charge on any atom is 0.123 e. The van der Waals surface area contributed by atoms with Crippen LogP contribution in [0.1, 0.15) is 45.7 Å². The Hall–Kier alpha value is -1.48. The minimum absolute atomic E-state index is 0.259. The fraction of sp³-hybridized carbons (Fsp3) is 0.450. The molecule has 0 saturated heterocycles. The molecule has 5 heteroatoms. The molecule has 5 radical (unpaired) electrons. The zero-order valence-electron chi connectivity index (χ0n) is 15.7. The number of pyridine rings is 1. The van der Waals surface area contributed by atoms with Crippen molar-refractivity contribution in [2.24, 2.45) is 5.41 Å². The van der Waals surface area contributed by atoms with Gasteiger partial charge in [0.05, 0.1) is 13.5 Å². The Morgan fingerprint density at radius 2 is 1.64 bits per heavy atom. The second kappa shape index (κ2) is 5.51. The van der Waals surface area contributed by atoms with E-state index in [9.17, 15) is 5.11 Å². The summed E-state index contributed by atoms with van der Waals surface area (Å²) in [6.07, 6.45) is 1.68. The van der Waals surface area contributed by atoms with Gasteiger partial charge < -0.3 is 5.11 Å². The van der Waals surface area contributed by atoms with Crippen molar-refractivity contribution >= 4 is 23.0 Å². The van der Waals surface area contributed by atoms with E-state index in [-0.39, 0.29) is 5.41 Å². The van der Waals surface area contributed by atoms with Crippen LogP contribution in [0.3, 0.4) is 0 Å². The lowest BCUT2D eigenvalue weighted by Crippen LogP contribution is -2.59. The third kappa shape index (κ3) is 2.68. The van der Waals surface area contributed by atoms with Gasteiger partial charge in [0.2, 0.25) is 0 Å². The summed E-state index contributed by atoms with van der Waals surface area (Å²) >= 11 is 0. The first-order chi connectivity index (χ1) is 11.4. The monoisotopic (exact) mass is 326 g/mol. The molecule has 2 nitrogen and oxygen atoms in total. The van der Waals surface area contributed by atoms with Crippen LogP contribution in [-0.2, 0) is 10.7 Å². The van der Waals surface area contributed by atoms with Crippen LogP contribution in [0.5, 0.6) is 0 Å². The highest BCUT2D eigenvalue weighted by Gasteiger charge is 2.55. The Kier molecular flexibility index (Phi) is 4.04. The molecule has 0 fully saturated rings. The smallest absolute Gasteiger partial charge is 0.123 e. The largest absolute Gasteiger partial charge is 0.395 e. The molecule has 2 aromatic rings. The third-order valence-corrected chi connectivity index (χ3v) is 5.64. The molecule has 1 aromatic carbocycles. The van der Waals surface area contributed by atoms with Crippen molar-refractivity contribution in [1.82, 2.24) is 4.98 Å². The minimum Gasteiger partial charge on any atom is -0.395 e. The van der Waals surface area contributed by atoms with Crippen LogP contribution in [0.25, 0.3) is 11.3 Å². The van der Waals surface area contributed by atoms with Crippen LogP contribution < -0.4 is 0 Å². The van der Waals surface area contributed by atoms with E-state index in [4.69, 9.17) is 15.7 Å². The standard InChI is InChI=1S/C20H23B3NO/c1-17(2,3)19(21)14-11-16(13-9-7-6-8-10-13)24-12-15(14)20(22,25)18(4,5)23-19/h6-12,25H,1-5H3. The van der Waals surface area contributed by atoms with E-state index in [0.717, 1.165) is 16.8 Å². The van der Waals surface area contributed by atoms with Gasteiger partial charge >= 0.3 is 0 Å². The first-order valence-corrected chi connectivity index (χ1v) is 8.64. The Balaban J connectivity index is 2.29. The molecule has 0 bridgehead atoms. The normalized spacial score (nSPS) is 28.1. The maximum absolute atomic E-state index is 11.1. The van der Waals surface area contributed by atoms with Crippen LogP contribution in [0, 0.1) is 5.41 Å². The first-order valence-electron chi connectivity index (χ1n) is 8.64. The number of benzene rings is 1. The predicted molar refractivity (Wildman–Crippen MR) is 106 cm³/mol. The molecule has 123 valence electrons. The van der Waals surface area contributed by atoms with Gasteiger partial charge in [-0.2, -0.15) is 0 Å². The van der Waals surface area contributed by atoms with Crippen molar-refractivity contribution in [3.63, 3.8) is 0 Å². The van der Waals surface area contributed by atoms with E-state index in [0.29, 0.717) is 5.56 Å². The predicted octanol–water partition coefficient (Wildman–Crippen LogP) is 3.35. The Morgan fingerprint density at radius 3 is 2.20 bits per heavy atom. The van der Waals surface area contributed by atoms with Gasteiger partial charge in [-0.1, -0.05) is 70.2 Å². The Bertz CT molecular complexity index is 796. The van der Waals surface area contributed by atoms with Gasteiger partial charge in [-0.05, 0) is 27.9 Å². The lowest BCUT2D eigenvalue weighted by Gasteiger charge is -2.57. The lowest BCUT2D eigenvalue weighted by atomic mass is 9.19. The molecular weight excluding hydrogens is 303 g/mol. The quantitative estimate of drug-likeness (QED) is 0.816. The van der Waals surface area contributed by atoms with Crippen molar-refractivity contribution < 1.29 is 5.11 Å². The van der Waals surface area contributed by atoms with Gasteiger partial charge in [0.1, 0.15) is 15.1 Å². The summed E-state index contributed by atoms with van der Waals surface area (Å²) in [7, 11) is 15.3.